The third-order valence-corrected chi connectivity index (χ3v) is 5.19. The molecule has 0 aliphatic heterocycles. The number of hydrogen-bond donors (Lipinski definition) is 2. The summed E-state index contributed by atoms with van der Waals surface area (Å²) in [7, 11) is 3.04. The Morgan fingerprint density at radius 3 is 2.57 bits per heavy atom. The highest BCUT2D eigenvalue weighted by molar-refractivity contribution is 6.35. The number of nitrogens with one attached hydrogen (secondary N) is 1. The first kappa shape index (κ1) is 20.4. The van der Waals surface area contributed by atoms with E-state index in [1.165, 1.54) is 11.6 Å². The Kier molecular flexibility index (Phi) is 6.12. The number of nitrogens with zero attached hydrogens (tertiary/aromatic N) is 4. The summed E-state index contributed by atoms with van der Waals surface area (Å²) in [5, 5.41) is 4.27. The zero-order chi connectivity index (χ0) is 20.4. The Labute approximate surface area is 171 Å². The van der Waals surface area contributed by atoms with E-state index >= 15 is 0 Å². The Bertz CT molecular complexity index is 1130. The van der Waals surface area contributed by atoms with Gasteiger partial charge < -0.3 is 11.1 Å². The highest BCUT2D eigenvalue weighted by Gasteiger charge is 2.19. The summed E-state index contributed by atoms with van der Waals surface area (Å²) in [6.07, 6.45) is 1.73. The summed E-state index contributed by atoms with van der Waals surface area (Å²) in [6.45, 7) is 1.55. The van der Waals surface area contributed by atoms with Crippen LogP contribution in [-0.2, 0) is 20.6 Å². The monoisotopic (exact) mass is 424 g/mol. The molecule has 10 heteroatoms. The van der Waals surface area contributed by atoms with Crippen LogP contribution < -0.4 is 22.3 Å². The van der Waals surface area contributed by atoms with Crippen molar-refractivity contribution in [3.63, 3.8) is 0 Å². The number of benzene rings is 1. The van der Waals surface area contributed by atoms with Crippen molar-refractivity contribution in [1.82, 2.24) is 18.7 Å². The summed E-state index contributed by atoms with van der Waals surface area (Å²) in [4.78, 5) is 29.6. The molecule has 0 aliphatic rings. The molecule has 0 atom stereocenters. The van der Waals surface area contributed by atoms with Gasteiger partial charge in [0.1, 0.15) is 0 Å². The van der Waals surface area contributed by atoms with Crippen molar-refractivity contribution >= 4 is 40.3 Å². The van der Waals surface area contributed by atoms with E-state index in [9.17, 15) is 9.59 Å². The number of halogens is 2. The van der Waals surface area contributed by atoms with Crippen LogP contribution in [0.3, 0.4) is 0 Å². The number of fused-ring (bicyclic) bond motifs is 1. The summed E-state index contributed by atoms with van der Waals surface area (Å²) in [6, 6.07) is 5.20. The lowest BCUT2D eigenvalue weighted by Crippen LogP contribution is -2.37. The number of aromatic nitrogens is 4. The standard InChI is InChI=1S/C18H22Cl2N6O2/c1-24-15-14(16(27)25(2)18(24)28)26(17(23-15)22-8-4-3-7-21)10-11-5-6-12(19)9-13(11)20/h5-6,9H,3-4,7-8,10,21H2,1-2H3,(H,22,23). The molecule has 0 fully saturated rings. The molecule has 2 heterocycles. The van der Waals surface area contributed by atoms with E-state index in [0.29, 0.717) is 46.8 Å². The zero-order valence-electron chi connectivity index (χ0n) is 15.7. The van der Waals surface area contributed by atoms with Crippen LogP contribution in [0.5, 0.6) is 0 Å². The fourth-order valence-electron chi connectivity index (χ4n) is 3.03. The van der Waals surface area contributed by atoms with E-state index in [1.807, 2.05) is 0 Å². The molecule has 0 bridgehead atoms. The van der Waals surface area contributed by atoms with Crippen LogP contribution in [0.15, 0.2) is 27.8 Å². The van der Waals surface area contributed by atoms with Gasteiger partial charge in [-0.15, -0.1) is 0 Å². The molecule has 28 heavy (non-hydrogen) atoms. The SMILES string of the molecule is Cn1c(=O)c2c(nc(NCCCCN)n2Cc2ccc(Cl)cc2Cl)n(C)c1=O. The Hall–Kier alpha value is -2.29. The highest BCUT2D eigenvalue weighted by Crippen LogP contribution is 2.24. The van der Waals surface area contributed by atoms with Crippen LogP contribution in [0.4, 0.5) is 5.95 Å². The number of anilines is 1. The minimum absolute atomic E-state index is 0.305. The molecule has 0 aliphatic carbocycles. The quantitative estimate of drug-likeness (QED) is 0.564. The van der Waals surface area contributed by atoms with Crippen molar-refractivity contribution < 1.29 is 0 Å². The fourth-order valence-corrected chi connectivity index (χ4v) is 3.49. The molecule has 2 aromatic heterocycles. The average molecular weight is 425 g/mol. The molecule has 0 amide bonds. The molecule has 0 saturated carbocycles. The van der Waals surface area contributed by atoms with Crippen LogP contribution in [0.1, 0.15) is 18.4 Å². The largest absolute Gasteiger partial charge is 0.356 e. The Balaban J connectivity index is 2.16. The molecule has 0 unspecified atom stereocenters. The van der Waals surface area contributed by atoms with Gasteiger partial charge in [0.25, 0.3) is 5.56 Å². The molecule has 3 rings (SSSR count). The van der Waals surface area contributed by atoms with Crippen LogP contribution in [0.25, 0.3) is 11.2 Å². The van der Waals surface area contributed by atoms with Crippen LogP contribution in [-0.4, -0.2) is 31.8 Å². The predicted molar refractivity (Wildman–Crippen MR) is 113 cm³/mol. The lowest BCUT2D eigenvalue weighted by atomic mass is 10.2. The first-order valence-corrected chi connectivity index (χ1v) is 9.65. The van der Waals surface area contributed by atoms with E-state index in [4.69, 9.17) is 28.9 Å². The molecule has 1 aromatic carbocycles. The van der Waals surface area contributed by atoms with Gasteiger partial charge >= 0.3 is 5.69 Å². The summed E-state index contributed by atoms with van der Waals surface area (Å²) < 4.78 is 4.18. The third kappa shape index (κ3) is 3.80. The molecule has 3 aromatic rings. The van der Waals surface area contributed by atoms with Gasteiger partial charge in [0.2, 0.25) is 5.95 Å². The van der Waals surface area contributed by atoms with Crippen LogP contribution in [0, 0.1) is 0 Å². The van der Waals surface area contributed by atoms with Crippen molar-refractivity contribution in [1.29, 1.82) is 0 Å². The number of imidazole rings is 1. The molecular weight excluding hydrogens is 403 g/mol. The maximum atomic E-state index is 12.8. The van der Waals surface area contributed by atoms with E-state index in [0.717, 1.165) is 23.0 Å². The first-order chi connectivity index (χ1) is 13.3. The number of nitrogens with two attached hydrogens (primary N) is 1. The van der Waals surface area contributed by atoms with Gasteiger partial charge in [0.05, 0.1) is 6.54 Å². The molecule has 0 radical (unpaired) electrons. The lowest BCUT2D eigenvalue weighted by molar-refractivity contribution is 0.702. The third-order valence-electron chi connectivity index (χ3n) is 4.61. The number of rotatable bonds is 7. The van der Waals surface area contributed by atoms with Crippen molar-refractivity contribution in [2.45, 2.75) is 19.4 Å². The smallest absolute Gasteiger partial charge is 0.332 e. The molecule has 3 N–H and O–H groups in total. The maximum Gasteiger partial charge on any atom is 0.332 e. The van der Waals surface area contributed by atoms with Gasteiger partial charge in [0, 0.05) is 30.7 Å². The van der Waals surface area contributed by atoms with Crippen LogP contribution >= 0.6 is 23.2 Å². The minimum atomic E-state index is -0.429. The zero-order valence-corrected chi connectivity index (χ0v) is 17.2. The van der Waals surface area contributed by atoms with Crippen LogP contribution in [0.2, 0.25) is 10.0 Å². The topological polar surface area (TPSA) is 99.9 Å². The maximum absolute atomic E-state index is 12.8. The lowest BCUT2D eigenvalue weighted by Gasteiger charge is -2.12. The van der Waals surface area contributed by atoms with Crippen molar-refractivity contribution in [2.24, 2.45) is 19.8 Å². The number of unbranched alkanes of at least 4 members (excludes halogenated alkanes) is 1. The van der Waals surface area contributed by atoms with Crippen molar-refractivity contribution in [3.05, 3.63) is 54.6 Å². The first-order valence-electron chi connectivity index (χ1n) is 8.89. The molecule has 150 valence electrons. The van der Waals surface area contributed by atoms with Gasteiger partial charge in [-0.05, 0) is 37.1 Å². The summed E-state index contributed by atoms with van der Waals surface area (Å²) in [5.41, 5.74) is 6.14. The van der Waals surface area contributed by atoms with E-state index in [2.05, 4.69) is 10.3 Å². The minimum Gasteiger partial charge on any atom is -0.356 e. The average Bonchev–Trinajstić information content (AvgIpc) is 3.02. The molecule has 8 nitrogen and oxygen atoms in total. The van der Waals surface area contributed by atoms with Gasteiger partial charge in [-0.3, -0.25) is 18.5 Å². The van der Waals surface area contributed by atoms with E-state index < -0.39 is 11.2 Å². The Morgan fingerprint density at radius 1 is 1.14 bits per heavy atom. The normalized spacial score (nSPS) is 11.3. The number of aryl methyl sites for hydroxylation is 1. The van der Waals surface area contributed by atoms with Crippen molar-refractivity contribution in [2.75, 3.05) is 18.4 Å². The van der Waals surface area contributed by atoms with Gasteiger partial charge in [-0.25, -0.2) is 4.79 Å². The van der Waals surface area contributed by atoms with Gasteiger partial charge in [-0.2, -0.15) is 4.98 Å². The highest BCUT2D eigenvalue weighted by atomic mass is 35.5. The summed E-state index contributed by atoms with van der Waals surface area (Å²) >= 11 is 12.3. The summed E-state index contributed by atoms with van der Waals surface area (Å²) in [5.74, 6) is 0.497. The van der Waals surface area contributed by atoms with E-state index in [-0.39, 0.29) is 0 Å². The second-order valence-corrected chi connectivity index (χ2v) is 7.40. The second-order valence-electron chi connectivity index (χ2n) is 6.56. The fraction of sp³-hybridized carbons (Fsp3) is 0.389. The van der Waals surface area contributed by atoms with Gasteiger partial charge in [0.15, 0.2) is 11.2 Å². The second kappa shape index (κ2) is 8.38. The van der Waals surface area contributed by atoms with E-state index in [1.54, 1.807) is 29.8 Å². The molecule has 0 saturated heterocycles. The van der Waals surface area contributed by atoms with Crippen molar-refractivity contribution in [3.8, 4) is 0 Å². The van der Waals surface area contributed by atoms with Gasteiger partial charge in [-0.1, -0.05) is 29.3 Å². The molecule has 0 spiro atoms. The number of hydrogen-bond acceptors (Lipinski definition) is 5. The Morgan fingerprint density at radius 2 is 1.89 bits per heavy atom. The molecular formula is C18H22Cl2N6O2. The predicted octanol–water partition coefficient (Wildman–Crippen LogP) is 1.94.